The van der Waals surface area contributed by atoms with Crippen LogP contribution in [-0.2, 0) is 0 Å². The van der Waals surface area contributed by atoms with E-state index in [1.807, 2.05) is 6.07 Å². The topological polar surface area (TPSA) is 93.9 Å². The van der Waals surface area contributed by atoms with Crippen molar-refractivity contribution in [2.45, 2.75) is 0 Å². The number of hydrogen-bond acceptors (Lipinski definition) is 4. The fourth-order valence-corrected chi connectivity index (χ4v) is 1.93. The summed E-state index contributed by atoms with van der Waals surface area (Å²) in [5.41, 5.74) is 6.21. The van der Waals surface area contributed by atoms with E-state index in [1.54, 1.807) is 18.3 Å². The number of H-pyrrole nitrogens is 1. The minimum absolute atomic E-state index is 0.204. The molecule has 20 heavy (non-hydrogen) atoms. The smallest absolute Gasteiger partial charge is 0.250 e. The standard InChI is InChI=1S/C13H9ClN4O2/c14-10-3-8(12(15)19)5-16-13(10)20-9-2-1-7-6-17-18-11(7)4-9/h1-6H,(H2,15,19)(H,17,18). The van der Waals surface area contributed by atoms with Crippen molar-refractivity contribution in [1.29, 1.82) is 0 Å². The second-order valence-corrected chi connectivity index (χ2v) is 4.50. The number of pyridine rings is 1. The number of amides is 1. The fraction of sp³-hybridized carbons (Fsp3) is 0. The first-order chi connectivity index (χ1) is 9.63. The first-order valence-corrected chi connectivity index (χ1v) is 6.07. The Balaban J connectivity index is 1.92. The Morgan fingerprint density at radius 3 is 2.90 bits per heavy atom. The molecule has 6 nitrogen and oxygen atoms in total. The van der Waals surface area contributed by atoms with Gasteiger partial charge in [-0.15, -0.1) is 0 Å². The van der Waals surface area contributed by atoms with Crippen LogP contribution in [0, 0.1) is 0 Å². The molecule has 2 heterocycles. The van der Waals surface area contributed by atoms with Gasteiger partial charge in [0.25, 0.3) is 0 Å². The first kappa shape index (κ1) is 12.4. The molecule has 1 amide bonds. The summed E-state index contributed by atoms with van der Waals surface area (Å²) in [6, 6.07) is 6.83. The molecule has 0 saturated heterocycles. The highest BCUT2D eigenvalue weighted by atomic mass is 35.5. The van der Waals surface area contributed by atoms with Crippen LogP contribution < -0.4 is 10.5 Å². The van der Waals surface area contributed by atoms with Crippen LogP contribution in [-0.4, -0.2) is 21.1 Å². The molecule has 0 spiro atoms. The van der Waals surface area contributed by atoms with Gasteiger partial charge in [0.05, 0.1) is 17.3 Å². The SMILES string of the molecule is NC(=O)c1cnc(Oc2ccc3cn[nH]c3c2)c(Cl)c1. The van der Waals surface area contributed by atoms with E-state index in [-0.39, 0.29) is 16.5 Å². The molecule has 0 fully saturated rings. The Bertz CT molecular complexity index is 800. The lowest BCUT2D eigenvalue weighted by molar-refractivity contribution is 0.1000. The van der Waals surface area contributed by atoms with E-state index in [0.29, 0.717) is 5.75 Å². The van der Waals surface area contributed by atoms with Gasteiger partial charge >= 0.3 is 0 Å². The molecule has 7 heteroatoms. The average molecular weight is 289 g/mol. The van der Waals surface area contributed by atoms with Crippen LogP contribution in [0.1, 0.15) is 10.4 Å². The van der Waals surface area contributed by atoms with Crippen molar-refractivity contribution < 1.29 is 9.53 Å². The molecule has 3 aromatic rings. The van der Waals surface area contributed by atoms with Gasteiger partial charge in [0.1, 0.15) is 10.8 Å². The number of rotatable bonds is 3. The van der Waals surface area contributed by atoms with Crippen molar-refractivity contribution >= 4 is 28.4 Å². The molecular weight excluding hydrogens is 280 g/mol. The largest absolute Gasteiger partial charge is 0.437 e. The van der Waals surface area contributed by atoms with Gasteiger partial charge in [0.2, 0.25) is 11.8 Å². The Morgan fingerprint density at radius 1 is 1.30 bits per heavy atom. The number of carbonyl (C=O) groups excluding carboxylic acids is 1. The summed E-state index contributed by atoms with van der Waals surface area (Å²) < 4.78 is 5.58. The van der Waals surface area contributed by atoms with Crippen LogP contribution in [0.15, 0.2) is 36.7 Å². The molecule has 0 aliphatic heterocycles. The number of hydrogen-bond donors (Lipinski definition) is 2. The third kappa shape index (κ3) is 2.28. The third-order valence-electron chi connectivity index (χ3n) is 2.72. The van der Waals surface area contributed by atoms with Gasteiger partial charge in [0, 0.05) is 17.6 Å². The summed E-state index contributed by atoms with van der Waals surface area (Å²) in [6.07, 6.45) is 3.03. The molecule has 2 aromatic heterocycles. The van der Waals surface area contributed by atoms with E-state index < -0.39 is 5.91 Å². The molecule has 100 valence electrons. The number of primary amides is 1. The van der Waals surface area contributed by atoms with Crippen molar-refractivity contribution in [3.8, 4) is 11.6 Å². The zero-order valence-electron chi connectivity index (χ0n) is 10.1. The van der Waals surface area contributed by atoms with E-state index in [2.05, 4.69) is 15.2 Å². The molecule has 1 aromatic carbocycles. The predicted molar refractivity (Wildman–Crippen MR) is 73.9 cm³/mol. The number of benzene rings is 1. The molecule has 0 atom stereocenters. The maximum Gasteiger partial charge on any atom is 0.250 e. The van der Waals surface area contributed by atoms with Crippen LogP contribution in [0.5, 0.6) is 11.6 Å². The van der Waals surface area contributed by atoms with Crippen LogP contribution in [0.2, 0.25) is 5.02 Å². The molecule has 3 N–H and O–H groups in total. The van der Waals surface area contributed by atoms with E-state index in [9.17, 15) is 4.79 Å². The Kier molecular flexibility index (Phi) is 3.00. The summed E-state index contributed by atoms with van der Waals surface area (Å²) in [6.45, 7) is 0. The highest BCUT2D eigenvalue weighted by molar-refractivity contribution is 6.32. The summed E-state index contributed by atoms with van der Waals surface area (Å²) in [5, 5.41) is 7.95. The van der Waals surface area contributed by atoms with E-state index in [1.165, 1.54) is 12.3 Å². The Labute approximate surface area is 118 Å². The molecule has 0 aliphatic rings. The van der Waals surface area contributed by atoms with Gasteiger partial charge in [-0.3, -0.25) is 9.89 Å². The monoisotopic (exact) mass is 288 g/mol. The Morgan fingerprint density at radius 2 is 2.15 bits per heavy atom. The lowest BCUT2D eigenvalue weighted by Gasteiger charge is -2.07. The summed E-state index contributed by atoms with van der Waals surface area (Å²) in [4.78, 5) is 15.0. The highest BCUT2D eigenvalue weighted by Gasteiger charge is 2.09. The fourth-order valence-electron chi connectivity index (χ4n) is 1.73. The second-order valence-electron chi connectivity index (χ2n) is 4.10. The molecule has 0 bridgehead atoms. The molecule has 0 saturated carbocycles. The number of ether oxygens (including phenoxy) is 1. The Hall–Kier alpha value is -2.60. The molecular formula is C13H9ClN4O2. The van der Waals surface area contributed by atoms with Crippen LogP contribution in [0.3, 0.4) is 0 Å². The van der Waals surface area contributed by atoms with Gasteiger partial charge in [-0.25, -0.2) is 4.98 Å². The third-order valence-corrected chi connectivity index (χ3v) is 2.99. The van der Waals surface area contributed by atoms with Crippen molar-refractivity contribution in [2.24, 2.45) is 5.73 Å². The van der Waals surface area contributed by atoms with Gasteiger partial charge in [-0.1, -0.05) is 11.6 Å². The van der Waals surface area contributed by atoms with Gasteiger partial charge in [0.15, 0.2) is 0 Å². The van der Waals surface area contributed by atoms with Crippen LogP contribution in [0.4, 0.5) is 0 Å². The number of nitrogens with one attached hydrogen (secondary N) is 1. The number of fused-ring (bicyclic) bond motifs is 1. The summed E-state index contributed by atoms with van der Waals surface area (Å²) in [5.74, 6) is 0.170. The number of halogens is 1. The molecule has 0 aliphatic carbocycles. The molecule has 0 unspecified atom stereocenters. The molecule has 3 rings (SSSR count). The van der Waals surface area contributed by atoms with Gasteiger partial charge in [-0.2, -0.15) is 5.10 Å². The lowest BCUT2D eigenvalue weighted by Crippen LogP contribution is -2.11. The van der Waals surface area contributed by atoms with Gasteiger partial charge < -0.3 is 10.5 Å². The summed E-state index contributed by atoms with van der Waals surface area (Å²) >= 11 is 6.01. The zero-order chi connectivity index (χ0) is 14.1. The average Bonchev–Trinajstić information content (AvgIpc) is 2.88. The second kappa shape index (κ2) is 4.82. The minimum atomic E-state index is -0.593. The normalized spacial score (nSPS) is 10.7. The van der Waals surface area contributed by atoms with E-state index in [0.717, 1.165) is 10.9 Å². The van der Waals surface area contributed by atoms with Crippen LogP contribution >= 0.6 is 11.6 Å². The quantitative estimate of drug-likeness (QED) is 0.774. The van der Waals surface area contributed by atoms with Gasteiger partial charge in [-0.05, 0) is 18.2 Å². The van der Waals surface area contributed by atoms with E-state index >= 15 is 0 Å². The number of nitrogens with two attached hydrogens (primary N) is 1. The predicted octanol–water partition coefficient (Wildman–Crippen LogP) is 2.50. The lowest BCUT2D eigenvalue weighted by atomic mass is 10.2. The van der Waals surface area contributed by atoms with Crippen molar-refractivity contribution in [3.05, 3.63) is 47.2 Å². The number of aromatic amines is 1. The zero-order valence-corrected chi connectivity index (χ0v) is 10.9. The van der Waals surface area contributed by atoms with Crippen LogP contribution in [0.25, 0.3) is 10.9 Å². The number of nitrogens with zero attached hydrogens (tertiary/aromatic N) is 2. The minimum Gasteiger partial charge on any atom is -0.437 e. The van der Waals surface area contributed by atoms with Crippen molar-refractivity contribution in [1.82, 2.24) is 15.2 Å². The number of aromatic nitrogens is 3. The van der Waals surface area contributed by atoms with Crippen molar-refractivity contribution in [3.63, 3.8) is 0 Å². The number of carbonyl (C=O) groups is 1. The van der Waals surface area contributed by atoms with E-state index in [4.69, 9.17) is 22.1 Å². The molecule has 0 radical (unpaired) electrons. The maximum atomic E-state index is 11.0. The van der Waals surface area contributed by atoms with Crippen molar-refractivity contribution in [2.75, 3.05) is 0 Å². The first-order valence-electron chi connectivity index (χ1n) is 5.70. The maximum absolute atomic E-state index is 11.0. The summed E-state index contributed by atoms with van der Waals surface area (Å²) in [7, 11) is 0. The highest BCUT2D eigenvalue weighted by Crippen LogP contribution is 2.29.